The fourth-order valence-electron chi connectivity index (χ4n) is 2.72. The SMILES string of the molecule is CCNC1CCC(OCc2ncnn2C(C)C)CC1. The molecule has 108 valence electrons. The van der Waals surface area contributed by atoms with Crippen molar-refractivity contribution in [2.45, 2.75) is 71.2 Å². The molecule has 1 aromatic heterocycles. The van der Waals surface area contributed by atoms with Crippen molar-refractivity contribution in [2.75, 3.05) is 6.54 Å². The van der Waals surface area contributed by atoms with Crippen LogP contribution < -0.4 is 5.32 Å². The standard InChI is InChI=1S/C14H26N4O/c1-4-15-12-5-7-13(8-6-12)19-9-14-16-10-17-18(14)11(2)3/h10-13,15H,4-9H2,1-3H3. The van der Waals surface area contributed by atoms with Crippen LogP contribution in [-0.2, 0) is 11.3 Å². The van der Waals surface area contributed by atoms with Gasteiger partial charge in [-0.05, 0) is 46.1 Å². The maximum Gasteiger partial charge on any atom is 0.153 e. The predicted molar refractivity (Wildman–Crippen MR) is 74.9 cm³/mol. The molecule has 1 heterocycles. The van der Waals surface area contributed by atoms with Gasteiger partial charge in [-0.25, -0.2) is 9.67 Å². The molecule has 1 saturated carbocycles. The summed E-state index contributed by atoms with van der Waals surface area (Å²) < 4.78 is 7.93. The first-order valence-electron chi connectivity index (χ1n) is 7.44. The molecule has 1 aromatic rings. The van der Waals surface area contributed by atoms with Gasteiger partial charge in [-0.3, -0.25) is 0 Å². The molecule has 1 N–H and O–H groups in total. The summed E-state index contributed by atoms with van der Waals surface area (Å²) >= 11 is 0. The van der Waals surface area contributed by atoms with Crippen LogP contribution in [0.15, 0.2) is 6.33 Å². The van der Waals surface area contributed by atoms with Crippen molar-refractivity contribution in [1.82, 2.24) is 20.1 Å². The van der Waals surface area contributed by atoms with Gasteiger partial charge in [0.2, 0.25) is 0 Å². The van der Waals surface area contributed by atoms with Crippen LogP contribution in [-0.4, -0.2) is 33.5 Å². The van der Waals surface area contributed by atoms with Crippen LogP contribution in [0.25, 0.3) is 0 Å². The van der Waals surface area contributed by atoms with Crippen molar-refractivity contribution in [3.05, 3.63) is 12.2 Å². The van der Waals surface area contributed by atoms with E-state index in [2.05, 4.69) is 36.2 Å². The van der Waals surface area contributed by atoms with Crippen molar-refractivity contribution in [3.63, 3.8) is 0 Å². The lowest BCUT2D eigenvalue weighted by Crippen LogP contribution is -2.35. The first kappa shape index (κ1) is 14.5. The predicted octanol–water partition coefficient (Wildman–Crippen LogP) is 2.30. The van der Waals surface area contributed by atoms with Gasteiger partial charge in [0.15, 0.2) is 5.82 Å². The van der Waals surface area contributed by atoms with Crippen LogP contribution in [0, 0.1) is 0 Å². The molecular weight excluding hydrogens is 240 g/mol. The molecule has 0 radical (unpaired) electrons. The van der Waals surface area contributed by atoms with E-state index in [9.17, 15) is 0 Å². The van der Waals surface area contributed by atoms with Crippen LogP contribution in [0.2, 0.25) is 0 Å². The lowest BCUT2D eigenvalue weighted by Gasteiger charge is -2.28. The Labute approximate surface area is 115 Å². The fourth-order valence-corrected chi connectivity index (χ4v) is 2.72. The minimum Gasteiger partial charge on any atom is -0.370 e. The minimum absolute atomic E-state index is 0.339. The van der Waals surface area contributed by atoms with Crippen LogP contribution in [0.3, 0.4) is 0 Å². The van der Waals surface area contributed by atoms with Crippen LogP contribution in [0.1, 0.15) is 58.3 Å². The van der Waals surface area contributed by atoms with E-state index in [0.29, 0.717) is 24.8 Å². The van der Waals surface area contributed by atoms with E-state index in [4.69, 9.17) is 4.74 Å². The van der Waals surface area contributed by atoms with Gasteiger partial charge in [0.1, 0.15) is 12.9 Å². The second kappa shape index (κ2) is 7.01. The molecule has 5 nitrogen and oxygen atoms in total. The molecule has 0 bridgehead atoms. The Morgan fingerprint density at radius 3 is 2.74 bits per heavy atom. The van der Waals surface area contributed by atoms with E-state index in [1.807, 2.05) is 4.68 Å². The highest BCUT2D eigenvalue weighted by Crippen LogP contribution is 2.22. The van der Waals surface area contributed by atoms with Gasteiger partial charge in [0, 0.05) is 12.1 Å². The zero-order chi connectivity index (χ0) is 13.7. The summed E-state index contributed by atoms with van der Waals surface area (Å²) in [5.41, 5.74) is 0. The van der Waals surface area contributed by atoms with Gasteiger partial charge < -0.3 is 10.1 Å². The van der Waals surface area contributed by atoms with Crippen molar-refractivity contribution in [3.8, 4) is 0 Å². The number of rotatable bonds is 6. The van der Waals surface area contributed by atoms with Gasteiger partial charge in [-0.1, -0.05) is 6.92 Å². The highest BCUT2D eigenvalue weighted by molar-refractivity contribution is 4.85. The van der Waals surface area contributed by atoms with Crippen LogP contribution >= 0.6 is 0 Å². The van der Waals surface area contributed by atoms with Gasteiger partial charge >= 0.3 is 0 Å². The van der Waals surface area contributed by atoms with E-state index in [-0.39, 0.29) is 0 Å². The van der Waals surface area contributed by atoms with E-state index >= 15 is 0 Å². The first-order valence-corrected chi connectivity index (χ1v) is 7.44. The van der Waals surface area contributed by atoms with Crippen LogP contribution in [0.4, 0.5) is 0 Å². The summed E-state index contributed by atoms with van der Waals surface area (Å²) in [6.07, 6.45) is 6.72. The van der Waals surface area contributed by atoms with Gasteiger partial charge in [-0.2, -0.15) is 5.10 Å². The van der Waals surface area contributed by atoms with E-state index in [0.717, 1.165) is 25.2 Å². The number of nitrogens with zero attached hydrogens (tertiary/aromatic N) is 3. The quantitative estimate of drug-likeness (QED) is 0.858. The number of nitrogens with one attached hydrogen (secondary N) is 1. The molecule has 0 amide bonds. The molecule has 0 aromatic carbocycles. The smallest absolute Gasteiger partial charge is 0.153 e. The average molecular weight is 266 g/mol. The maximum absolute atomic E-state index is 5.99. The Kier molecular flexibility index (Phi) is 5.34. The van der Waals surface area contributed by atoms with Crippen molar-refractivity contribution in [2.24, 2.45) is 0 Å². The van der Waals surface area contributed by atoms with Gasteiger partial charge in [0.05, 0.1) is 6.10 Å². The van der Waals surface area contributed by atoms with Crippen molar-refractivity contribution >= 4 is 0 Å². The van der Waals surface area contributed by atoms with E-state index < -0.39 is 0 Å². The molecule has 0 atom stereocenters. The number of hydrogen-bond donors (Lipinski definition) is 1. The summed E-state index contributed by atoms with van der Waals surface area (Å²) in [6, 6.07) is 1.02. The third kappa shape index (κ3) is 4.01. The zero-order valence-electron chi connectivity index (χ0n) is 12.3. The summed E-state index contributed by atoms with van der Waals surface area (Å²) in [7, 11) is 0. The van der Waals surface area contributed by atoms with Gasteiger partial charge in [0.25, 0.3) is 0 Å². The number of ether oxygens (including phenoxy) is 1. The molecule has 2 rings (SSSR count). The van der Waals surface area contributed by atoms with Gasteiger partial charge in [-0.15, -0.1) is 0 Å². The summed E-state index contributed by atoms with van der Waals surface area (Å²) in [4.78, 5) is 4.28. The lowest BCUT2D eigenvalue weighted by molar-refractivity contribution is 0.00630. The Bertz CT molecular complexity index is 369. The van der Waals surface area contributed by atoms with Crippen molar-refractivity contribution in [1.29, 1.82) is 0 Å². The monoisotopic (exact) mass is 266 g/mol. The first-order chi connectivity index (χ1) is 9.20. The second-order valence-electron chi connectivity index (χ2n) is 5.56. The number of aromatic nitrogens is 3. The third-order valence-corrected chi connectivity index (χ3v) is 3.75. The largest absolute Gasteiger partial charge is 0.370 e. The lowest BCUT2D eigenvalue weighted by atomic mass is 9.93. The topological polar surface area (TPSA) is 52.0 Å². The molecule has 19 heavy (non-hydrogen) atoms. The normalized spacial score (nSPS) is 24.0. The summed E-state index contributed by atoms with van der Waals surface area (Å²) in [5.74, 6) is 0.934. The summed E-state index contributed by atoms with van der Waals surface area (Å²) in [5, 5.41) is 7.75. The Morgan fingerprint density at radius 1 is 1.37 bits per heavy atom. The number of hydrogen-bond acceptors (Lipinski definition) is 4. The molecule has 0 spiro atoms. The highest BCUT2D eigenvalue weighted by Gasteiger charge is 2.21. The third-order valence-electron chi connectivity index (χ3n) is 3.75. The van der Waals surface area contributed by atoms with E-state index in [1.165, 1.54) is 12.8 Å². The molecule has 1 fully saturated rings. The van der Waals surface area contributed by atoms with E-state index in [1.54, 1.807) is 6.33 Å². The molecule has 0 saturated heterocycles. The maximum atomic E-state index is 5.99. The van der Waals surface area contributed by atoms with Crippen molar-refractivity contribution < 1.29 is 4.74 Å². The molecule has 0 aliphatic heterocycles. The summed E-state index contributed by atoms with van der Waals surface area (Å²) in [6.45, 7) is 8.03. The average Bonchev–Trinajstić information content (AvgIpc) is 2.87. The zero-order valence-corrected chi connectivity index (χ0v) is 12.3. The molecule has 1 aliphatic rings. The van der Waals surface area contributed by atoms with Crippen LogP contribution in [0.5, 0.6) is 0 Å². The molecular formula is C14H26N4O. The Hall–Kier alpha value is -0.940. The minimum atomic E-state index is 0.339. The second-order valence-corrected chi connectivity index (χ2v) is 5.56. The molecule has 5 heteroatoms. The highest BCUT2D eigenvalue weighted by atomic mass is 16.5. The molecule has 1 aliphatic carbocycles. The fraction of sp³-hybridized carbons (Fsp3) is 0.857. The Balaban J connectivity index is 1.76. The molecule has 0 unspecified atom stereocenters. The Morgan fingerprint density at radius 2 is 2.11 bits per heavy atom.